The molecule has 2 aromatic carbocycles. The van der Waals surface area contributed by atoms with Gasteiger partial charge in [-0.2, -0.15) is 0 Å². The van der Waals surface area contributed by atoms with E-state index < -0.39 is 0 Å². The largest absolute Gasteiger partial charge is 0.497 e. The maximum Gasteiger partial charge on any atom is 0.255 e. The molecule has 22 heavy (non-hydrogen) atoms. The number of hydrogen-bond acceptors (Lipinski definition) is 4. The summed E-state index contributed by atoms with van der Waals surface area (Å²) in [6.45, 7) is 2.03. The third-order valence-corrected chi connectivity index (χ3v) is 3.40. The number of methoxy groups -OCH3 is 2. The first kappa shape index (κ1) is 15.7. The molecule has 0 saturated carbocycles. The fourth-order valence-electron chi connectivity index (χ4n) is 2.14. The molecule has 0 spiro atoms. The van der Waals surface area contributed by atoms with Gasteiger partial charge in [-0.3, -0.25) is 4.79 Å². The minimum absolute atomic E-state index is 0.249. The molecule has 0 fully saturated rings. The highest BCUT2D eigenvalue weighted by atomic mass is 16.5. The average Bonchev–Trinajstić information content (AvgIpc) is 2.54. The molecular weight excluding hydrogens is 280 g/mol. The molecular formula is C17H20N2O3. The Morgan fingerprint density at radius 2 is 1.73 bits per heavy atom. The molecule has 5 heteroatoms. The van der Waals surface area contributed by atoms with Crippen LogP contribution in [0.3, 0.4) is 0 Å². The van der Waals surface area contributed by atoms with Crippen molar-refractivity contribution in [2.75, 3.05) is 25.3 Å². The molecule has 0 heterocycles. The molecule has 1 amide bonds. The molecule has 0 aliphatic heterocycles. The van der Waals surface area contributed by atoms with Crippen molar-refractivity contribution in [3.8, 4) is 11.5 Å². The number of amides is 1. The molecule has 5 nitrogen and oxygen atoms in total. The highest BCUT2D eigenvalue weighted by molar-refractivity contribution is 6.05. The van der Waals surface area contributed by atoms with E-state index in [1.165, 1.54) is 0 Å². The lowest BCUT2D eigenvalue weighted by Gasteiger charge is -2.11. The van der Waals surface area contributed by atoms with Crippen LogP contribution >= 0.6 is 0 Å². The molecule has 0 aliphatic rings. The zero-order chi connectivity index (χ0) is 16.1. The number of nitrogens with one attached hydrogen (secondary N) is 1. The quantitative estimate of drug-likeness (QED) is 0.832. The van der Waals surface area contributed by atoms with E-state index in [4.69, 9.17) is 15.2 Å². The van der Waals surface area contributed by atoms with Crippen LogP contribution in [0.25, 0.3) is 0 Å². The smallest absolute Gasteiger partial charge is 0.255 e. The zero-order valence-corrected chi connectivity index (χ0v) is 13.0. The number of anilines is 2. The lowest BCUT2D eigenvalue weighted by molar-refractivity contribution is 0.102. The second-order valence-corrected chi connectivity index (χ2v) is 4.82. The number of rotatable bonds is 5. The summed E-state index contributed by atoms with van der Waals surface area (Å²) in [5, 5.41) is 2.82. The van der Waals surface area contributed by atoms with E-state index in [1.807, 2.05) is 19.1 Å². The maximum absolute atomic E-state index is 12.4. The van der Waals surface area contributed by atoms with Gasteiger partial charge in [-0.05, 0) is 36.2 Å². The van der Waals surface area contributed by atoms with Crippen molar-refractivity contribution in [3.63, 3.8) is 0 Å². The van der Waals surface area contributed by atoms with E-state index in [-0.39, 0.29) is 5.91 Å². The van der Waals surface area contributed by atoms with Crippen molar-refractivity contribution < 1.29 is 14.3 Å². The molecule has 0 atom stereocenters. The lowest BCUT2D eigenvalue weighted by atomic mass is 10.1. The molecule has 0 saturated heterocycles. The first-order valence-corrected chi connectivity index (χ1v) is 7.00. The van der Waals surface area contributed by atoms with E-state index in [9.17, 15) is 4.79 Å². The Hall–Kier alpha value is -2.69. The van der Waals surface area contributed by atoms with Gasteiger partial charge in [-0.15, -0.1) is 0 Å². The van der Waals surface area contributed by atoms with E-state index in [1.54, 1.807) is 38.5 Å². The second-order valence-electron chi connectivity index (χ2n) is 4.82. The normalized spacial score (nSPS) is 10.1. The van der Waals surface area contributed by atoms with Gasteiger partial charge >= 0.3 is 0 Å². The fourth-order valence-corrected chi connectivity index (χ4v) is 2.14. The Balaban J connectivity index is 2.23. The summed E-state index contributed by atoms with van der Waals surface area (Å²) in [4.78, 5) is 12.4. The van der Waals surface area contributed by atoms with Gasteiger partial charge in [0.2, 0.25) is 0 Å². The molecule has 0 radical (unpaired) electrons. The summed E-state index contributed by atoms with van der Waals surface area (Å²) in [7, 11) is 3.08. The minimum atomic E-state index is -0.249. The number of aryl methyl sites for hydroxylation is 1. The summed E-state index contributed by atoms with van der Waals surface area (Å²) >= 11 is 0. The third kappa shape index (κ3) is 3.49. The van der Waals surface area contributed by atoms with E-state index in [0.717, 1.165) is 12.0 Å². The number of benzene rings is 2. The van der Waals surface area contributed by atoms with Gasteiger partial charge in [0, 0.05) is 23.0 Å². The van der Waals surface area contributed by atoms with Crippen molar-refractivity contribution in [2.24, 2.45) is 0 Å². The number of nitrogen functional groups attached to an aromatic ring is 1. The third-order valence-electron chi connectivity index (χ3n) is 3.40. The van der Waals surface area contributed by atoms with Crippen LogP contribution in [0.5, 0.6) is 11.5 Å². The monoisotopic (exact) mass is 300 g/mol. The van der Waals surface area contributed by atoms with Crippen LogP contribution in [0.1, 0.15) is 22.8 Å². The Morgan fingerprint density at radius 1 is 1.09 bits per heavy atom. The van der Waals surface area contributed by atoms with Crippen molar-refractivity contribution in [3.05, 3.63) is 47.5 Å². The SMILES string of the molecule is CCc1ccc(NC(=O)c2cc(OC)cc(OC)c2)cc1N. The highest BCUT2D eigenvalue weighted by Crippen LogP contribution is 2.24. The number of nitrogens with two attached hydrogens (primary N) is 1. The second kappa shape index (κ2) is 6.85. The summed E-state index contributed by atoms with van der Waals surface area (Å²) in [5.74, 6) is 0.872. The average molecular weight is 300 g/mol. The van der Waals surface area contributed by atoms with E-state index in [2.05, 4.69) is 5.32 Å². The Morgan fingerprint density at radius 3 is 2.23 bits per heavy atom. The Kier molecular flexibility index (Phi) is 4.88. The van der Waals surface area contributed by atoms with E-state index >= 15 is 0 Å². The zero-order valence-electron chi connectivity index (χ0n) is 13.0. The fraction of sp³-hybridized carbons (Fsp3) is 0.235. The van der Waals surface area contributed by atoms with Gasteiger partial charge in [-0.1, -0.05) is 13.0 Å². The molecule has 0 unspecified atom stereocenters. The molecule has 3 N–H and O–H groups in total. The van der Waals surface area contributed by atoms with Gasteiger partial charge in [-0.25, -0.2) is 0 Å². The predicted molar refractivity (Wildman–Crippen MR) is 87.7 cm³/mol. The van der Waals surface area contributed by atoms with Crippen molar-refractivity contribution >= 4 is 17.3 Å². The van der Waals surface area contributed by atoms with Crippen LogP contribution in [0, 0.1) is 0 Å². The maximum atomic E-state index is 12.4. The number of hydrogen-bond donors (Lipinski definition) is 2. The van der Waals surface area contributed by atoms with Crippen molar-refractivity contribution in [1.29, 1.82) is 0 Å². The van der Waals surface area contributed by atoms with Crippen LogP contribution in [0.15, 0.2) is 36.4 Å². The highest BCUT2D eigenvalue weighted by Gasteiger charge is 2.11. The minimum Gasteiger partial charge on any atom is -0.497 e. The van der Waals surface area contributed by atoms with Gasteiger partial charge in [0.25, 0.3) is 5.91 Å². The summed E-state index contributed by atoms with van der Waals surface area (Å²) in [6, 6.07) is 10.5. The van der Waals surface area contributed by atoms with E-state index in [0.29, 0.717) is 28.4 Å². The first-order chi connectivity index (χ1) is 10.6. The van der Waals surface area contributed by atoms with Crippen molar-refractivity contribution in [2.45, 2.75) is 13.3 Å². The van der Waals surface area contributed by atoms with Gasteiger partial charge in [0.1, 0.15) is 11.5 Å². The predicted octanol–water partition coefficient (Wildman–Crippen LogP) is 3.10. The van der Waals surface area contributed by atoms with Crippen LogP contribution in [0.2, 0.25) is 0 Å². The number of carbonyl (C=O) groups is 1. The van der Waals surface area contributed by atoms with Crippen LogP contribution in [0.4, 0.5) is 11.4 Å². The van der Waals surface area contributed by atoms with Crippen LogP contribution in [-0.2, 0) is 6.42 Å². The number of carbonyl (C=O) groups excluding carboxylic acids is 1. The standard InChI is InChI=1S/C17H20N2O3/c1-4-11-5-6-13(9-16(11)18)19-17(20)12-7-14(21-2)10-15(8-12)22-3/h5-10H,4,18H2,1-3H3,(H,19,20). The summed E-state index contributed by atoms with van der Waals surface area (Å²) in [6.07, 6.45) is 0.854. The molecule has 116 valence electrons. The number of ether oxygens (including phenoxy) is 2. The van der Waals surface area contributed by atoms with Gasteiger partial charge in [0.15, 0.2) is 0 Å². The molecule has 2 aromatic rings. The first-order valence-electron chi connectivity index (χ1n) is 7.00. The topological polar surface area (TPSA) is 73.6 Å². The molecule has 0 bridgehead atoms. The molecule has 2 rings (SSSR count). The summed E-state index contributed by atoms with van der Waals surface area (Å²) < 4.78 is 10.3. The molecule has 0 aromatic heterocycles. The van der Waals surface area contributed by atoms with Crippen LogP contribution < -0.4 is 20.5 Å². The van der Waals surface area contributed by atoms with Crippen LogP contribution in [-0.4, -0.2) is 20.1 Å². The van der Waals surface area contributed by atoms with Gasteiger partial charge in [0.05, 0.1) is 14.2 Å². The van der Waals surface area contributed by atoms with Gasteiger partial charge < -0.3 is 20.5 Å². The summed E-state index contributed by atoms with van der Waals surface area (Å²) in [5.41, 5.74) is 8.78. The Bertz CT molecular complexity index is 661. The van der Waals surface area contributed by atoms with Crippen molar-refractivity contribution in [1.82, 2.24) is 0 Å². The Labute approximate surface area is 130 Å². The lowest BCUT2D eigenvalue weighted by Crippen LogP contribution is -2.12. The molecule has 0 aliphatic carbocycles.